The Morgan fingerprint density at radius 3 is 2.29 bits per heavy atom. The summed E-state index contributed by atoms with van der Waals surface area (Å²) in [4.78, 5) is 33.6. The first kappa shape index (κ1) is 14.7. The molecule has 1 saturated heterocycles. The molecule has 21 heavy (non-hydrogen) atoms. The minimum Gasteiger partial charge on any atom is -0.378 e. The summed E-state index contributed by atoms with van der Waals surface area (Å²) in [7, 11) is 0. The van der Waals surface area contributed by atoms with E-state index in [1.165, 1.54) is 0 Å². The maximum atomic E-state index is 11.5. The van der Waals surface area contributed by atoms with Crippen molar-refractivity contribution in [1.29, 1.82) is 0 Å². The molecule has 2 N–H and O–H groups in total. The van der Waals surface area contributed by atoms with Gasteiger partial charge in [0.25, 0.3) is 17.3 Å². The third kappa shape index (κ3) is 2.89. The van der Waals surface area contributed by atoms with Crippen molar-refractivity contribution in [2.75, 3.05) is 31.2 Å². The van der Waals surface area contributed by atoms with Gasteiger partial charge in [0.1, 0.15) is 5.69 Å². The van der Waals surface area contributed by atoms with Gasteiger partial charge in [-0.1, -0.05) is 0 Å². The smallest absolute Gasteiger partial charge is 0.300 e. The van der Waals surface area contributed by atoms with Crippen molar-refractivity contribution < 1.29 is 19.4 Å². The molecule has 0 saturated carbocycles. The summed E-state index contributed by atoms with van der Waals surface area (Å²) < 4.78 is 5.15. The van der Waals surface area contributed by atoms with Crippen LogP contribution < -0.4 is 10.6 Å². The Morgan fingerprint density at radius 2 is 1.81 bits per heavy atom. The molecule has 0 atom stereocenters. The van der Waals surface area contributed by atoms with Crippen molar-refractivity contribution >= 4 is 23.0 Å². The summed E-state index contributed by atoms with van der Waals surface area (Å²) >= 11 is 0. The van der Waals surface area contributed by atoms with Crippen LogP contribution in [0.1, 0.15) is 10.4 Å². The largest absolute Gasteiger partial charge is 0.378 e. The third-order valence-corrected chi connectivity index (χ3v) is 3.07. The van der Waals surface area contributed by atoms with E-state index < -0.39 is 27.1 Å². The van der Waals surface area contributed by atoms with E-state index in [9.17, 15) is 25.0 Å². The minimum absolute atomic E-state index is 0.00130. The number of carbonyl (C=O) groups excluding carboxylic acids is 1. The molecule has 1 heterocycles. The Bertz CT molecular complexity index is 576. The molecule has 1 aliphatic heterocycles. The first-order valence-electron chi connectivity index (χ1n) is 6.01. The van der Waals surface area contributed by atoms with Crippen LogP contribution in [0, 0.1) is 20.2 Å². The zero-order valence-corrected chi connectivity index (χ0v) is 10.9. The number of hydrogen-bond donors (Lipinski definition) is 1. The second kappa shape index (κ2) is 5.71. The van der Waals surface area contributed by atoms with Gasteiger partial charge in [0.2, 0.25) is 0 Å². The average Bonchev–Trinajstić information content (AvgIpc) is 2.46. The lowest BCUT2D eigenvalue weighted by molar-refractivity contribution is -0.393. The lowest BCUT2D eigenvalue weighted by Gasteiger charge is -2.29. The number of nitrogens with zero attached hydrogens (tertiary/aromatic N) is 3. The van der Waals surface area contributed by atoms with Crippen molar-refractivity contribution in [1.82, 2.24) is 0 Å². The number of hydrogen-bond acceptors (Lipinski definition) is 7. The molecule has 0 unspecified atom stereocenters. The molecule has 10 heteroatoms. The molecule has 1 amide bonds. The number of non-ortho nitro benzene ring substituents is 1. The quantitative estimate of drug-likeness (QED) is 0.627. The van der Waals surface area contributed by atoms with Crippen LogP contribution in [0.15, 0.2) is 12.1 Å². The van der Waals surface area contributed by atoms with Crippen LogP contribution in [0.5, 0.6) is 0 Å². The molecule has 2 rings (SSSR count). The second-order valence-corrected chi connectivity index (χ2v) is 4.34. The van der Waals surface area contributed by atoms with Gasteiger partial charge in [-0.15, -0.1) is 0 Å². The summed E-state index contributed by atoms with van der Waals surface area (Å²) in [5, 5.41) is 22.0. The molecule has 0 aromatic heterocycles. The van der Waals surface area contributed by atoms with Crippen LogP contribution in [0.3, 0.4) is 0 Å². The Morgan fingerprint density at radius 1 is 1.19 bits per heavy atom. The third-order valence-electron chi connectivity index (χ3n) is 3.07. The first-order chi connectivity index (χ1) is 9.91. The molecule has 1 fully saturated rings. The van der Waals surface area contributed by atoms with Gasteiger partial charge >= 0.3 is 0 Å². The lowest BCUT2D eigenvalue weighted by atomic mass is 10.1. The SMILES string of the molecule is NC(=O)c1cc([N+](=O)[O-])cc([N+](=O)[O-])c1N1CCOCC1. The Labute approximate surface area is 118 Å². The fraction of sp³-hybridized carbons (Fsp3) is 0.364. The Hall–Kier alpha value is -2.75. The topological polar surface area (TPSA) is 142 Å². The van der Waals surface area contributed by atoms with E-state index in [0.29, 0.717) is 26.3 Å². The lowest BCUT2D eigenvalue weighted by Crippen LogP contribution is -2.38. The van der Waals surface area contributed by atoms with Gasteiger partial charge in [-0.25, -0.2) is 0 Å². The molecule has 10 nitrogen and oxygen atoms in total. The van der Waals surface area contributed by atoms with E-state index in [4.69, 9.17) is 10.5 Å². The van der Waals surface area contributed by atoms with Crippen LogP contribution in [-0.4, -0.2) is 42.1 Å². The molecule has 112 valence electrons. The summed E-state index contributed by atoms with van der Waals surface area (Å²) in [6, 6.07) is 1.79. The van der Waals surface area contributed by atoms with Gasteiger partial charge in [0.15, 0.2) is 0 Å². The van der Waals surface area contributed by atoms with Gasteiger partial charge in [0.05, 0.1) is 34.7 Å². The molecule has 0 spiro atoms. The number of rotatable bonds is 4. The summed E-state index contributed by atoms with van der Waals surface area (Å²) in [6.45, 7) is 1.34. The van der Waals surface area contributed by atoms with E-state index in [1.54, 1.807) is 4.90 Å². The van der Waals surface area contributed by atoms with E-state index in [0.717, 1.165) is 12.1 Å². The molecular weight excluding hydrogens is 284 g/mol. The van der Waals surface area contributed by atoms with Crippen LogP contribution in [0.4, 0.5) is 17.1 Å². The predicted octanol–water partition coefficient (Wildman–Crippen LogP) is 0.438. The van der Waals surface area contributed by atoms with E-state index >= 15 is 0 Å². The Balaban J connectivity index is 2.66. The fourth-order valence-electron chi connectivity index (χ4n) is 2.16. The normalized spacial score (nSPS) is 14.8. The first-order valence-corrected chi connectivity index (χ1v) is 6.01. The molecule has 0 radical (unpaired) electrons. The molecule has 1 aromatic rings. The summed E-state index contributed by atoms with van der Waals surface area (Å²) in [6.07, 6.45) is 0. The zero-order valence-electron chi connectivity index (χ0n) is 10.9. The monoisotopic (exact) mass is 296 g/mol. The highest BCUT2D eigenvalue weighted by Crippen LogP contribution is 2.36. The number of carbonyl (C=O) groups is 1. The van der Waals surface area contributed by atoms with Crippen molar-refractivity contribution in [2.45, 2.75) is 0 Å². The number of nitrogens with two attached hydrogens (primary N) is 1. The van der Waals surface area contributed by atoms with Crippen LogP contribution in [-0.2, 0) is 4.74 Å². The van der Waals surface area contributed by atoms with E-state index in [2.05, 4.69) is 0 Å². The maximum Gasteiger partial charge on any atom is 0.300 e. The fourth-order valence-corrected chi connectivity index (χ4v) is 2.16. The van der Waals surface area contributed by atoms with Crippen molar-refractivity contribution in [2.24, 2.45) is 5.73 Å². The van der Waals surface area contributed by atoms with Gasteiger partial charge in [-0.2, -0.15) is 0 Å². The van der Waals surface area contributed by atoms with E-state index in [1.807, 2.05) is 0 Å². The average molecular weight is 296 g/mol. The highest BCUT2D eigenvalue weighted by Gasteiger charge is 2.30. The van der Waals surface area contributed by atoms with E-state index in [-0.39, 0.29) is 11.3 Å². The van der Waals surface area contributed by atoms with Gasteiger partial charge in [-0.3, -0.25) is 25.0 Å². The molecular formula is C11H12N4O6. The highest BCUT2D eigenvalue weighted by molar-refractivity contribution is 6.01. The second-order valence-electron chi connectivity index (χ2n) is 4.34. The standard InChI is InChI=1S/C11H12N4O6/c12-11(16)8-5-7(14(17)18)6-9(15(19)20)10(8)13-1-3-21-4-2-13/h5-6H,1-4H2,(H2,12,16). The number of amides is 1. The highest BCUT2D eigenvalue weighted by atomic mass is 16.6. The number of morpholine rings is 1. The zero-order chi connectivity index (χ0) is 15.6. The van der Waals surface area contributed by atoms with Crippen molar-refractivity contribution in [3.05, 3.63) is 37.9 Å². The van der Waals surface area contributed by atoms with Gasteiger partial charge in [0, 0.05) is 19.2 Å². The van der Waals surface area contributed by atoms with Crippen LogP contribution in [0.2, 0.25) is 0 Å². The molecule has 0 aliphatic carbocycles. The van der Waals surface area contributed by atoms with Crippen LogP contribution in [0.25, 0.3) is 0 Å². The van der Waals surface area contributed by atoms with Crippen molar-refractivity contribution in [3.63, 3.8) is 0 Å². The number of anilines is 1. The minimum atomic E-state index is -0.955. The van der Waals surface area contributed by atoms with Gasteiger partial charge < -0.3 is 15.4 Å². The number of nitro benzene ring substituents is 2. The van der Waals surface area contributed by atoms with Crippen LogP contribution >= 0.6 is 0 Å². The Kier molecular flexibility index (Phi) is 3.98. The molecule has 1 aliphatic rings. The number of primary amides is 1. The van der Waals surface area contributed by atoms with Crippen molar-refractivity contribution in [3.8, 4) is 0 Å². The number of ether oxygens (including phenoxy) is 1. The summed E-state index contributed by atoms with van der Waals surface area (Å²) in [5.74, 6) is -0.955. The number of benzene rings is 1. The molecule has 0 bridgehead atoms. The predicted molar refractivity (Wildman–Crippen MR) is 71.3 cm³/mol. The number of nitro groups is 2. The molecule has 1 aromatic carbocycles. The maximum absolute atomic E-state index is 11.5. The van der Waals surface area contributed by atoms with Gasteiger partial charge in [-0.05, 0) is 0 Å². The summed E-state index contributed by atoms with van der Waals surface area (Å²) in [5.41, 5.74) is 3.92.